The third-order valence-electron chi connectivity index (χ3n) is 3.78. The number of hydrogen-bond donors (Lipinski definition) is 3. The van der Waals surface area contributed by atoms with Crippen LogP contribution >= 0.6 is 0 Å². The molecule has 27 heavy (non-hydrogen) atoms. The van der Waals surface area contributed by atoms with Crippen LogP contribution in [0.2, 0.25) is 0 Å². The molecule has 4 N–H and O–H groups in total. The molecule has 7 heteroatoms. The first kappa shape index (κ1) is 20.1. The average Bonchev–Trinajstić information content (AvgIpc) is 2.66. The van der Waals surface area contributed by atoms with Crippen LogP contribution in [0.25, 0.3) is 0 Å². The molecule has 0 fully saturated rings. The fourth-order valence-corrected chi connectivity index (χ4v) is 2.35. The monoisotopic (exact) mass is 369 g/mol. The SMILES string of the molecule is CC(=O)c1cccc(OC(C)C(=O)Nc2ccccc2C(=O)NCCN)c1. The number of benzene rings is 2. The van der Waals surface area contributed by atoms with E-state index in [1.165, 1.54) is 6.92 Å². The van der Waals surface area contributed by atoms with Crippen LogP contribution in [0.5, 0.6) is 5.75 Å². The van der Waals surface area contributed by atoms with Gasteiger partial charge in [-0.2, -0.15) is 0 Å². The Morgan fingerprint density at radius 3 is 2.56 bits per heavy atom. The third kappa shape index (κ3) is 5.65. The standard InChI is InChI=1S/C20H23N3O4/c1-13(24)15-6-5-7-16(12-15)27-14(2)19(25)23-18-9-4-3-8-17(18)20(26)22-11-10-21/h3-9,12,14H,10-11,21H2,1-2H3,(H,22,26)(H,23,25). The molecule has 0 aliphatic heterocycles. The molecule has 1 atom stereocenters. The van der Waals surface area contributed by atoms with Gasteiger partial charge >= 0.3 is 0 Å². The van der Waals surface area contributed by atoms with Gasteiger partial charge < -0.3 is 21.1 Å². The molecule has 0 saturated carbocycles. The quantitative estimate of drug-likeness (QED) is 0.616. The summed E-state index contributed by atoms with van der Waals surface area (Å²) in [5.74, 6) is -0.407. The lowest BCUT2D eigenvalue weighted by Crippen LogP contribution is -2.33. The van der Waals surface area contributed by atoms with Crippen LogP contribution in [-0.2, 0) is 4.79 Å². The number of carbonyl (C=O) groups excluding carboxylic acids is 3. The first-order valence-electron chi connectivity index (χ1n) is 8.58. The maximum atomic E-state index is 12.5. The molecule has 1 unspecified atom stereocenters. The van der Waals surface area contributed by atoms with E-state index in [9.17, 15) is 14.4 Å². The van der Waals surface area contributed by atoms with Crippen molar-refractivity contribution in [2.75, 3.05) is 18.4 Å². The Labute approximate surface area is 157 Å². The van der Waals surface area contributed by atoms with Crippen LogP contribution in [0.1, 0.15) is 34.6 Å². The van der Waals surface area contributed by atoms with E-state index >= 15 is 0 Å². The van der Waals surface area contributed by atoms with Gasteiger partial charge in [0, 0.05) is 18.7 Å². The van der Waals surface area contributed by atoms with Gasteiger partial charge in [-0.3, -0.25) is 14.4 Å². The minimum absolute atomic E-state index is 0.0880. The number of para-hydroxylation sites is 1. The molecule has 0 aromatic heterocycles. The van der Waals surface area contributed by atoms with Crippen LogP contribution < -0.4 is 21.1 Å². The summed E-state index contributed by atoms with van der Waals surface area (Å²) >= 11 is 0. The van der Waals surface area contributed by atoms with Crippen molar-refractivity contribution in [3.05, 3.63) is 59.7 Å². The molecule has 2 rings (SSSR count). The van der Waals surface area contributed by atoms with Gasteiger partial charge in [-0.15, -0.1) is 0 Å². The Hall–Kier alpha value is -3.19. The van der Waals surface area contributed by atoms with Gasteiger partial charge in [0.25, 0.3) is 11.8 Å². The van der Waals surface area contributed by atoms with Crippen LogP contribution in [0.15, 0.2) is 48.5 Å². The predicted molar refractivity (Wildman–Crippen MR) is 103 cm³/mol. The zero-order valence-electron chi connectivity index (χ0n) is 15.3. The summed E-state index contributed by atoms with van der Waals surface area (Å²) in [5, 5.41) is 5.37. The molecule has 2 amide bonds. The highest BCUT2D eigenvalue weighted by Gasteiger charge is 2.18. The van der Waals surface area contributed by atoms with Crippen molar-refractivity contribution in [3.63, 3.8) is 0 Å². The number of hydrogen-bond acceptors (Lipinski definition) is 5. The number of Topliss-reactive ketones (excluding diaryl/α,β-unsaturated/α-hetero) is 1. The molecule has 7 nitrogen and oxygen atoms in total. The van der Waals surface area contributed by atoms with Crippen molar-refractivity contribution in [3.8, 4) is 5.75 Å². The van der Waals surface area contributed by atoms with Crippen LogP contribution in [0, 0.1) is 0 Å². The Bertz CT molecular complexity index is 835. The first-order valence-corrected chi connectivity index (χ1v) is 8.58. The van der Waals surface area contributed by atoms with Gasteiger partial charge in [-0.1, -0.05) is 24.3 Å². The second kappa shape index (κ2) is 9.49. The van der Waals surface area contributed by atoms with Crippen LogP contribution in [0.4, 0.5) is 5.69 Å². The lowest BCUT2D eigenvalue weighted by Gasteiger charge is -2.16. The first-order chi connectivity index (χ1) is 12.9. The Balaban J connectivity index is 2.07. The Kier molecular flexibility index (Phi) is 7.08. The minimum Gasteiger partial charge on any atom is -0.481 e. The number of rotatable bonds is 8. The molecule has 0 spiro atoms. The zero-order valence-corrected chi connectivity index (χ0v) is 15.3. The molecule has 0 saturated heterocycles. The van der Waals surface area contributed by atoms with E-state index in [4.69, 9.17) is 10.5 Å². The van der Waals surface area contributed by atoms with Crippen molar-refractivity contribution in [1.29, 1.82) is 0 Å². The van der Waals surface area contributed by atoms with E-state index in [0.29, 0.717) is 35.7 Å². The highest BCUT2D eigenvalue weighted by molar-refractivity contribution is 6.04. The number of anilines is 1. The van der Waals surface area contributed by atoms with E-state index in [0.717, 1.165) is 0 Å². The van der Waals surface area contributed by atoms with E-state index < -0.39 is 12.0 Å². The summed E-state index contributed by atoms with van der Waals surface area (Å²) in [6.45, 7) is 3.71. The summed E-state index contributed by atoms with van der Waals surface area (Å²) in [4.78, 5) is 36.1. The summed E-state index contributed by atoms with van der Waals surface area (Å²) < 4.78 is 5.62. The second-order valence-electron chi connectivity index (χ2n) is 5.92. The number of amides is 2. The molecule has 0 aliphatic carbocycles. The summed E-state index contributed by atoms with van der Waals surface area (Å²) in [6.07, 6.45) is -0.827. The van der Waals surface area contributed by atoms with Crippen molar-refractivity contribution in [2.24, 2.45) is 5.73 Å². The number of nitrogens with two attached hydrogens (primary N) is 1. The molecule has 142 valence electrons. The molecule has 0 bridgehead atoms. The average molecular weight is 369 g/mol. The summed E-state index contributed by atoms with van der Waals surface area (Å²) in [5.41, 5.74) is 6.61. The minimum atomic E-state index is -0.827. The molecule has 2 aromatic carbocycles. The van der Waals surface area contributed by atoms with Crippen molar-refractivity contribution in [1.82, 2.24) is 5.32 Å². The zero-order chi connectivity index (χ0) is 19.8. The summed E-state index contributed by atoms with van der Waals surface area (Å²) in [6, 6.07) is 13.3. The van der Waals surface area contributed by atoms with Crippen molar-refractivity contribution >= 4 is 23.3 Å². The third-order valence-corrected chi connectivity index (χ3v) is 3.78. The van der Waals surface area contributed by atoms with Crippen LogP contribution in [-0.4, -0.2) is 36.8 Å². The van der Waals surface area contributed by atoms with Gasteiger partial charge in [0.1, 0.15) is 5.75 Å². The van der Waals surface area contributed by atoms with Gasteiger partial charge in [0.05, 0.1) is 11.3 Å². The Morgan fingerprint density at radius 1 is 1.11 bits per heavy atom. The fraction of sp³-hybridized carbons (Fsp3) is 0.250. The van der Waals surface area contributed by atoms with Crippen molar-refractivity contribution in [2.45, 2.75) is 20.0 Å². The van der Waals surface area contributed by atoms with E-state index in [-0.39, 0.29) is 11.7 Å². The smallest absolute Gasteiger partial charge is 0.265 e. The normalized spacial score (nSPS) is 11.4. The molecular formula is C20H23N3O4. The number of ether oxygens (including phenoxy) is 1. The fourth-order valence-electron chi connectivity index (χ4n) is 2.35. The largest absolute Gasteiger partial charge is 0.481 e. The van der Waals surface area contributed by atoms with Gasteiger partial charge in [0.2, 0.25) is 0 Å². The number of nitrogens with one attached hydrogen (secondary N) is 2. The van der Waals surface area contributed by atoms with Gasteiger partial charge in [0.15, 0.2) is 11.9 Å². The predicted octanol–water partition coefficient (Wildman–Crippen LogP) is 1.98. The maximum Gasteiger partial charge on any atom is 0.265 e. The van der Waals surface area contributed by atoms with E-state index in [1.54, 1.807) is 55.5 Å². The highest BCUT2D eigenvalue weighted by atomic mass is 16.5. The van der Waals surface area contributed by atoms with E-state index in [1.807, 2.05) is 0 Å². The topological polar surface area (TPSA) is 111 Å². The molecule has 0 aliphatic rings. The van der Waals surface area contributed by atoms with Gasteiger partial charge in [-0.25, -0.2) is 0 Å². The number of carbonyl (C=O) groups is 3. The lowest BCUT2D eigenvalue weighted by atomic mass is 10.1. The number of ketones is 1. The molecular weight excluding hydrogens is 346 g/mol. The molecule has 0 heterocycles. The Morgan fingerprint density at radius 2 is 1.85 bits per heavy atom. The van der Waals surface area contributed by atoms with E-state index in [2.05, 4.69) is 10.6 Å². The molecule has 0 radical (unpaired) electrons. The van der Waals surface area contributed by atoms with Crippen molar-refractivity contribution < 1.29 is 19.1 Å². The second-order valence-corrected chi connectivity index (χ2v) is 5.92. The highest BCUT2D eigenvalue weighted by Crippen LogP contribution is 2.18. The van der Waals surface area contributed by atoms with Crippen LogP contribution in [0.3, 0.4) is 0 Å². The molecule has 2 aromatic rings. The lowest BCUT2D eigenvalue weighted by molar-refractivity contribution is -0.122. The van der Waals surface area contributed by atoms with Gasteiger partial charge in [-0.05, 0) is 38.1 Å². The summed E-state index contributed by atoms with van der Waals surface area (Å²) in [7, 11) is 0. The maximum absolute atomic E-state index is 12.5.